The monoisotopic (exact) mass is 238 g/mol. The van der Waals surface area contributed by atoms with Crippen molar-refractivity contribution >= 4 is 11.6 Å². The Labute approximate surface area is 103 Å². The average Bonchev–Trinajstić information content (AvgIpc) is 2.28. The maximum Gasteiger partial charge on any atom is 0.0480 e. The number of aryl methyl sites for hydroxylation is 1. The summed E-state index contributed by atoms with van der Waals surface area (Å²) in [4.78, 5) is 4.84. The Balaban J connectivity index is 2.01. The van der Waals surface area contributed by atoms with Crippen LogP contribution in [0.3, 0.4) is 0 Å². The molecular formula is C13H19ClN2. The SMILES string of the molecule is Cc1cccc(CN2CCN(C)CC2)c1Cl. The van der Waals surface area contributed by atoms with Crippen molar-refractivity contribution in [3.63, 3.8) is 0 Å². The van der Waals surface area contributed by atoms with Crippen LogP contribution in [-0.4, -0.2) is 43.0 Å². The summed E-state index contributed by atoms with van der Waals surface area (Å²) in [5, 5.41) is 0.932. The van der Waals surface area contributed by atoms with Crippen LogP contribution >= 0.6 is 11.6 Å². The maximum atomic E-state index is 6.30. The fourth-order valence-corrected chi connectivity index (χ4v) is 2.26. The van der Waals surface area contributed by atoms with E-state index in [1.165, 1.54) is 11.1 Å². The normalized spacial score (nSPS) is 18.9. The third-order valence-electron chi connectivity index (χ3n) is 3.26. The van der Waals surface area contributed by atoms with Gasteiger partial charge in [0.05, 0.1) is 0 Å². The van der Waals surface area contributed by atoms with E-state index in [1.54, 1.807) is 0 Å². The first-order valence-corrected chi connectivity index (χ1v) is 6.19. The molecule has 1 aromatic rings. The van der Waals surface area contributed by atoms with E-state index in [0.717, 1.165) is 37.7 Å². The van der Waals surface area contributed by atoms with Crippen LogP contribution in [0.1, 0.15) is 11.1 Å². The summed E-state index contributed by atoms with van der Waals surface area (Å²) in [6.45, 7) is 7.64. The van der Waals surface area contributed by atoms with Gasteiger partial charge in [0.15, 0.2) is 0 Å². The highest BCUT2D eigenvalue weighted by molar-refractivity contribution is 6.32. The van der Waals surface area contributed by atoms with Gasteiger partial charge < -0.3 is 4.90 Å². The predicted octanol–water partition coefficient (Wildman–Crippen LogP) is 2.40. The zero-order chi connectivity index (χ0) is 11.5. The molecule has 0 bridgehead atoms. The topological polar surface area (TPSA) is 6.48 Å². The lowest BCUT2D eigenvalue weighted by Gasteiger charge is -2.32. The minimum atomic E-state index is 0.932. The number of nitrogens with zero attached hydrogens (tertiary/aromatic N) is 2. The smallest absolute Gasteiger partial charge is 0.0480 e. The lowest BCUT2D eigenvalue weighted by Crippen LogP contribution is -2.43. The van der Waals surface area contributed by atoms with Crippen LogP contribution in [0.25, 0.3) is 0 Å². The summed E-state index contributed by atoms with van der Waals surface area (Å²) < 4.78 is 0. The van der Waals surface area contributed by atoms with Crippen LogP contribution in [-0.2, 0) is 6.54 Å². The Kier molecular flexibility index (Phi) is 3.85. The van der Waals surface area contributed by atoms with Gasteiger partial charge in [0, 0.05) is 37.7 Å². The fourth-order valence-electron chi connectivity index (χ4n) is 2.08. The second kappa shape index (κ2) is 5.17. The van der Waals surface area contributed by atoms with Gasteiger partial charge in [-0.25, -0.2) is 0 Å². The van der Waals surface area contributed by atoms with Gasteiger partial charge in [-0.15, -0.1) is 0 Å². The van der Waals surface area contributed by atoms with Crippen LogP contribution < -0.4 is 0 Å². The van der Waals surface area contributed by atoms with Crippen LogP contribution in [0.5, 0.6) is 0 Å². The number of likely N-dealkylation sites (N-methyl/N-ethyl adjacent to an activating group) is 1. The Hall–Kier alpha value is -0.570. The molecule has 0 unspecified atom stereocenters. The van der Waals surface area contributed by atoms with Crippen molar-refractivity contribution in [3.8, 4) is 0 Å². The Morgan fingerprint density at radius 3 is 2.56 bits per heavy atom. The van der Waals surface area contributed by atoms with Crippen LogP contribution in [0.15, 0.2) is 18.2 Å². The molecule has 0 saturated carbocycles. The van der Waals surface area contributed by atoms with E-state index in [4.69, 9.17) is 11.6 Å². The van der Waals surface area contributed by atoms with Crippen molar-refractivity contribution in [2.45, 2.75) is 13.5 Å². The third kappa shape index (κ3) is 2.76. The molecule has 1 fully saturated rings. The maximum absolute atomic E-state index is 6.30. The summed E-state index contributed by atoms with van der Waals surface area (Å²) >= 11 is 6.30. The minimum absolute atomic E-state index is 0.932. The number of rotatable bonds is 2. The Morgan fingerprint density at radius 2 is 1.88 bits per heavy atom. The Bertz CT molecular complexity index is 357. The van der Waals surface area contributed by atoms with Crippen molar-refractivity contribution in [2.24, 2.45) is 0 Å². The molecule has 1 aliphatic heterocycles. The molecule has 0 spiro atoms. The van der Waals surface area contributed by atoms with Crippen molar-refractivity contribution in [1.29, 1.82) is 0 Å². The number of hydrogen-bond acceptors (Lipinski definition) is 2. The zero-order valence-electron chi connectivity index (χ0n) is 10.0. The molecule has 0 aromatic heterocycles. The van der Waals surface area contributed by atoms with Crippen molar-refractivity contribution < 1.29 is 0 Å². The van der Waals surface area contributed by atoms with E-state index in [0.29, 0.717) is 0 Å². The van der Waals surface area contributed by atoms with Crippen LogP contribution in [0.4, 0.5) is 0 Å². The van der Waals surface area contributed by atoms with Gasteiger partial charge in [0.2, 0.25) is 0 Å². The van der Waals surface area contributed by atoms with E-state index < -0.39 is 0 Å². The lowest BCUT2D eigenvalue weighted by atomic mass is 10.1. The number of piperazine rings is 1. The molecule has 1 aromatic carbocycles. The van der Waals surface area contributed by atoms with Crippen LogP contribution in [0, 0.1) is 6.92 Å². The van der Waals surface area contributed by atoms with E-state index in [1.807, 2.05) is 0 Å². The molecule has 3 heteroatoms. The first kappa shape index (κ1) is 11.9. The number of benzene rings is 1. The molecule has 0 N–H and O–H groups in total. The van der Waals surface area contributed by atoms with E-state index in [-0.39, 0.29) is 0 Å². The molecule has 88 valence electrons. The van der Waals surface area contributed by atoms with E-state index in [2.05, 4.69) is 42.0 Å². The Morgan fingerprint density at radius 1 is 1.19 bits per heavy atom. The predicted molar refractivity (Wildman–Crippen MR) is 69.0 cm³/mol. The van der Waals surface area contributed by atoms with Gasteiger partial charge in [-0.3, -0.25) is 4.90 Å². The third-order valence-corrected chi connectivity index (χ3v) is 3.80. The van der Waals surface area contributed by atoms with Crippen molar-refractivity contribution in [3.05, 3.63) is 34.3 Å². The first-order chi connectivity index (χ1) is 7.66. The molecule has 2 nitrogen and oxygen atoms in total. The quantitative estimate of drug-likeness (QED) is 0.781. The molecule has 0 atom stereocenters. The summed E-state index contributed by atoms with van der Waals surface area (Å²) in [5.74, 6) is 0. The van der Waals surface area contributed by atoms with Gasteiger partial charge in [0.1, 0.15) is 0 Å². The first-order valence-electron chi connectivity index (χ1n) is 5.81. The van der Waals surface area contributed by atoms with Gasteiger partial charge in [-0.05, 0) is 25.1 Å². The van der Waals surface area contributed by atoms with Gasteiger partial charge in [0.25, 0.3) is 0 Å². The standard InChI is InChI=1S/C13H19ClN2/c1-11-4-3-5-12(13(11)14)10-16-8-6-15(2)7-9-16/h3-5H,6-10H2,1-2H3. The average molecular weight is 239 g/mol. The molecule has 16 heavy (non-hydrogen) atoms. The second-order valence-electron chi connectivity index (χ2n) is 4.63. The molecule has 1 heterocycles. The minimum Gasteiger partial charge on any atom is -0.304 e. The zero-order valence-corrected chi connectivity index (χ0v) is 10.8. The molecule has 1 aliphatic rings. The summed E-state index contributed by atoms with van der Waals surface area (Å²) in [6, 6.07) is 6.29. The van der Waals surface area contributed by atoms with Gasteiger partial charge >= 0.3 is 0 Å². The molecular weight excluding hydrogens is 220 g/mol. The van der Waals surface area contributed by atoms with E-state index >= 15 is 0 Å². The van der Waals surface area contributed by atoms with Gasteiger partial charge in [-0.2, -0.15) is 0 Å². The molecule has 2 rings (SSSR count). The van der Waals surface area contributed by atoms with E-state index in [9.17, 15) is 0 Å². The largest absolute Gasteiger partial charge is 0.304 e. The summed E-state index contributed by atoms with van der Waals surface area (Å²) in [5.41, 5.74) is 2.43. The summed E-state index contributed by atoms with van der Waals surface area (Å²) in [6.07, 6.45) is 0. The summed E-state index contributed by atoms with van der Waals surface area (Å²) in [7, 11) is 2.18. The highest BCUT2D eigenvalue weighted by Gasteiger charge is 2.15. The number of hydrogen-bond donors (Lipinski definition) is 0. The van der Waals surface area contributed by atoms with Gasteiger partial charge in [-0.1, -0.05) is 29.8 Å². The van der Waals surface area contributed by atoms with Crippen molar-refractivity contribution in [2.75, 3.05) is 33.2 Å². The van der Waals surface area contributed by atoms with Crippen LogP contribution in [0.2, 0.25) is 5.02 Å². The molecule has 1 saturated heterocycles. The molecule has 0 amide bonds. The van der Waals surface area contributed by atoms with Crippen molar-refractivity contribution in [1.82, 2.24) is 9.80 Å². The highest BCUT2D eigenvalue weighted by atomic mass is 35.5. The molecule has 0 radical (unpaired) electrons. The highest BCUT2D eigenvalue weighted by Crippen LogP contribution is 2.22. The molecule has 0 aliphatic carbocycles. The number of halogens is 1. The second-order valence-corrected chi connectivity index (χ2v) is 5.01. The fraction of sp³-hybridized carbons (Fsp3) is 0.538. The lowest BCUT2D eigenvalue weighted by molar-refractivity contribution is 0.148.